The highest BCUT2D eigenvalue weighted by Crippen LogP contribution is 2.44. The van der Waals surface area contributed by atoms with Crippen LogP contribution in [0.2, 0.25) is 0 Å². The van der Waals surface area contributed by atoms with Crippen molar-refractivity contribution in [1.29, 1.82) is 0 Å². The highest BCUT2D eigenvalue weighted by molar-refractivity contribution is 5.92. The minimum Gasteiger partial charge on any atom is -0.493 e. The van der Waals surface area contributed by atoms with Gasteiger partial charge in [-0.1, -0.05) is 0 Å². The second kappa shape index (κ2) is 5.59. The smallest absolute Gasteiger partial charge is 0.336 e. The Balaban J connectivity index is 3.69. The highest BCUT2D eigenvalue weighted by atomic mass is 16.5. The van der Waals surface area contributed by atoms with Gasteiger partial charge in [0.05, 0.1) is 33.0 Å². The topological polar surface area (TPSA) is 85.2 Å². The van der Waals surface area contributed by atoms with Crippen LogP contribution in [0.25, 0.3) is 0 Å². The first-order valence-electron chi connectivity index (χ1n) is 5.22. The fourth-order valence-electron chi connectivity index (χ4n) is 1.77. The molecule has 0 aliphatic heterocycles. The van der Waals surface area contributed by atoms with Gasteiger partial charge in [0, 0.05) is 5.56 Å². The first-order chi connectivity index (χ1) is 8.47. The molecule has 2 N–H and O–H groups in total. The lowest BCUT2D eigenvalue weighted by Gasteiger charge is -2.19. The van der Waals surface area contributed by atoms with E-state index in [4.69, 9.17) is 19.3 Å². The average molecular weight is 256 g/mol. The number of methoxy groups -OCH3 is 3. The van der Waals surface area contributed by atoms with Gasteiger partial charge in [0.2, 0.25) is 5.75 Å². The molecule has 1 aromatic carbocycles. The standard InChI is InChI=1S/C12H16O6/c1-6(13)9-7(12(14)15)5-8(16-2)10(17-3)11(9)18-4/h5-6,13H,1-4H3,(H,14,15). The molecule has 6 nitrogen and oxygen atoms in total. The highest BCUT2D eigenvalue weighted by Gasteiger charge is 2.26. The van der Waals surface area contributed by atoms with Crippen molar-refractivity contribution in [1.82, 2.24) is 0 Å². The van der Waals surface area contributed by atoms with Gasteiger partial charge < -0.3 is 24.4 Å². The summed E-state index contributed by atoms with van der Waals surface area (Å²) in [6.45, 7) is 1.45. The molecule has 1 aromatic rings. The second-order valence-electron chi connectivity index (χ2n) is 3.59. The Hall–Kier alpha value is -1.95. The molecule has 0 aromatic heterocycles. The lowest BCUT2D eigenvalue weighted by Crippen LogP contribution is -2.09. The third-order valence-electron chi connectivity index (χ3n) is 2.52. The molecule has 0 aliphatic carbocycles. The molecule has 0 saturated heterocycles. The lowest BCUT2D eigenvalue weighted by molar-refractivity contribution is 0.0688. The van der Waals surface area contributed by atoms with Crippen LogP contribution in [0.4, 0.5) is 0 Å². The lowest BCUT2D eigenvalue weighted by atomic mass is 10.0. The molecular weight excluding hydrogens is 240 g/mol. The quantitative estimate of drug-likeness (QED) is 0.829. The van der Waals surface area contributed by atoms with Crippen molar-refractivity contribution in [2.24, 2.45) is 0 Å². The first kappa shape index (κ1) is 14.1. The minimum absolute atomic E-state index is 0.0838. The van der Waals surface area contributed by atoms with E-state index < -0.39 is 12.1 Å². The van der Waals surface area contributed by atoms with E-state index in [9.17, 15) is 9.90 Å². The number of carboxylic acid groups (broad SMARTS) is 1. The molecule has 0 saturated carbocycles. The van der Waals surface area contributed by atoms with Gasteiger partial charge in [0.1, 0.15) is 0 Å². The normalized spacial score (nSPS) is 11.8. The van der Waals surface area contributed by atoms with Crippen LogP contribution in [0, 0.1) is 0 Å². The summed E-state index contributed by atoms with van der Waals surface area (Å²) in [6.07, 6.45) is -1.01. The summed E-state index contributed by atoms with van der Waals surface area (Å²) in [5.41, 5.74) is 0.0714. The fourth-order valence-corrected chi connectivity index (χ4v) is 1.77. The van der Waals surface area contributed by atoms with Crippen molar-refractivity contribution in [2.75, 3.05) is 21.3 Å². The van der Waals surface area contributed by atoms with E-state index in [1.165, 1.54) is 34.3 Å². The molecule has 0 spiro atoms. The molecule has 0 bridgehead atoms. The average Bonchev–Trinajstić information content (AvgIpc) is 2.35. The van der Waals surface area contributed by atoms with Crippen molar-refractivity contribution < 1.29 is 29.2 Å². The number of aromatic carboxylic acids is 1. The summed E-state index contributed by atoms with van der Waals surface area (Å²) in [5, 5.41) is 18.9. The number of hydrogen-bond acceptors (Lipinski definition) is 5. The van der Waals surface area contributed by atoms with E-state index in [-0.39, 0.29) is 28.4 Å². The molecule has 0 radical (unpaired) electrons. The summed E-state index contributed by atoms with van der Waals surface area (Å²) < 4.78 is 15.3. The number of carboxylic acids is 1. The van der Waals surface area contributed by atoms with Crippen LogP contribution < -0.4 is 14.2 Å². The van der Waals surface area contributed by atoms with Crippen molar-refractivity contribution >= 4 is 5.97 Å². The Morgan fingerprint density at radius 2 is 1.72 bits per heavy atom. The maximum Gasteiger partial charge on any atom is 0.336 e. The predicted octanol–water partition coefficient (Wildman–Crippen LogP) is 1.46. The Morgan fingerprint density at radius 3 is 2.06 bits per heavy atom. The van der Waals surface area contributed by atoms with Gasteiger partial charge in [0.15, 0.2) is 11.5 Å². The zero-order valence-electron chi connectivity index (χ0n) is 10.7. The number of benzene rings is 1. The Bertz CT molecular complexity index is 452. The fraction of sp³-hybridized carbons (Fsp3) is 0.417. The van der Waals surface area contributed by atoms with E-state index >= 15 is 0 Å². The third kappa shape index (κ3) is 2.33. The molecule has 1 rings (SSSR count). The zero-order valence-corrected chi connectivity index (χ0v) is 10.7. The van der Waals surface area contributed by atoms with E-state index in [1.54, 1.807) is 0 Å². The molecule has 100 valence electrons. The van der Waals surface area contributed by atoms with E-state index in [2.05, 4.69) is 0 Å². The van der Waals surface area contributed by atoms with Crippen molar-refractivity contribution in [3.05, 3.63) is 17.2 Å². The van der Waals surface area contributed by atoms with Gasteiger partial charge >= 0.3 is 5.97 Å². The predicted molar refractivity (Wildman–Crippen MR) is 63.7 cm³/mol. The maximum absolute atomic E-state index is 11.2. The van der Waals surface area contributed by atoms with Crippen molar-refractivity contribution in [3.8, 4) is 17.2 Å². The summed E-state index contributed by atoms with van der Waals surface area (Å²) in [7, 11) is 4.17. The van der Waals surface area contributed by atoms with Crippen LogP contribution in [0.15, 0.2) is 6.07 Å². The van der Waals surface area contributed by atoms with E-state index in [0.717, 1.165) is 0 Å². The largest absolute Gasteiger partial charge is 0.493 e. The van der Waals surface area contributed by atoms with Gasteiger partial charge in [0.25, 0.3) is 0 Å². The second-order valence-corrected chi connectivity index (χ2v) is 3.59. The third-order valence-corrected chi connectivity index (χ3v) is 2.52. The van der Waals surface area contributed by atoms with Crippen LogP contribution in [-0.2, 0) is 0 Å². The van der Waals surface area contributed by atoms with Crippen LogP contribution in [0.1, 0.15) is 28.9 Å². The summed E-state index contributed by atoms with van der Waals surface area (Å²) >= 11 is 0. The number of carbonyl (C=O) groups is 1. The SMILES string of the molecule is COc1cc(C(=O)O)c(C(C)O)c(OC)c1OC. The van der Waals surface area contributed by atoms with Gasteiger partial charge in [-0.3, -0.25) is 0 Å². The number of aliphatic hydroxyl groups is 1. The van der Waals surface area contributed by atoms with E-state index in [1.807, 2.05) is 0 Å². The molecule has 0 amide bonds. The van der Waals surface area contributed by atoms with Crippen molar-refractivity contribution in [3.63, 3.8) is 0 Å². The van der Waals surface area contributed by atoms with E-state index in [0.29, 0.717) is 0 Å². The summed E-state index contributed by atoms with van der Waals surface area (Å²) in [5.74, 6) is -0.536. The molecule has 6 heteroatoms. The Kier molecular flexibility index (Phi) is 4.38. The summed E-state index contributed by atoms with van der Waals surface area (Å²) in [4.78, 5) is 11.2. The Morgan fingerprint density at radius 1 is 1.17 bits per heavy atom. The number of hydrogen-bond donors (Lipinski definition) is 2. The molecule has 18 heavy (non-hydrogen) atoms. The van der Waals surface area contributed by atoms with Gasteiger partial charge in [-0.05, 0) is 13.0 Å². The maximum atomic E-state index is 11.2. The van der Waals surface area contributed by atoms with Crippen molar-refractivity contribution in [2.45, 2.75) is 13.0 Å². The van der Waals surface area contributed by atoms with Crippen LogP contribution in [-0.4, -0.2) is 37.5 Å². The molecule has 0 aliphatic rings. The first-order valence-corrected chi connectivity index (χ1v) is 5.22. The van der Waals surface area contributed by atoms with Crippen LogP contribution in [0.3, 0.4) is 0 Å². The monoisotopic (exact) mass is 256 g/mol. The molecule has 0 fully saturated rings. The number of rotatable bonds is 5. The molecular formula is C12H16O6. The van der Waals surface area contributed by atoms with Crippen LogP contribution >= 0.6 is 0 Å². The zero-order chi connectivity index (χ0) is 13.9. The Labute approximate surface area is 105 Å². The van der Waals surface area contributed by atoms with Gasteiger partial charge in [-0.15, -0.1) is 0 Å². The summed E-state index contributed by atoms with van der Waals surface area (Å²) in [6, 6.07) is 1.30. The van der Waals surface area contributed by atoms with Gasteiger partial charge in [-0.25, -0.2) is 4.79 Å². The molecule has 1 atom stereocenters. The molecule has 1 unspecified atom stereocenters. The minimum atomic E-state index is -1.18. The van der Waals surface area contributed by atoms with Crippen LogP contribution in [0.5, 0.6) is 17.2 Å². The number of aliphatic hydroxyl groups excluding tert-OH is 1. The van der Waals surface area contributed by atoms with Gasteiger partial charge in [-0.2, -0.15) is 0 Å². The molecule has 0 heterocycles. The number of ether oxygens (including phenoxy) is 3.